The van der Waals surface area contributed by atoms with Crippen molar-refractivity contribution in [3.8, 4) is 0 Å². The summed E-state index contributed by atoms with van der Waals surface area (Å²) in [4.78, 5) is 14.1. The normalized spacial score (nSPS) is 14.4. The third kappa shape index (κ3) is 6.00. The fraction of sp³-hybridized carbons (Fsp3) is 0.917. The molecule has 5 heteroatoms. The Morgan fingerprint density at radius 3 is 2.41 bits per heavy atom. The Bertz CT molecular complexity index is 212. The summed E-state index contributed by atoms with van der Waals surface area (Å²) in [5, 5.41) is 3.02. The zero-order valence-electron chi connectivity index (χ0n) is 11.7. The van der Waals surface area contributed by atoms with Gasteiger partial charge in [-0.2, -0.15) is 0 Å². The van der Waals surface area contributed by atoms with Crippen LogP contribution in [0.25, 0.3) is 0 Å². The number of hydrogen-bond donors (Lipinski definition) is 1. The Morgan fingerprint density at radius 2 is 1.94 bits per heavy atom. The van der Waals surface area contributed by atoms with Crippen LogP contribution in [0.15, 0.2) is 0 Å². The van der Waals surface area contributed by atoms with Crippen LogP contribution in [-0.4, -0.2) is 64.4 Å². The average molecular weight is 246 g/mol. The van der Waals surface area contributed by atoms with Gasteiger partial charge in [-0.1, -0.05) is 6.92 Å². The molecule has 0 aromatic heterocycles. The van der Waals surface area contributed by atoms with Gasteiger partial charge in [-0.05, 0) is 14.0 Å². The van der Waals surface area contributed by atoms with Crippen LogP contribution in [0.4, 0.5) is 0 Å². The van der Waals surface area contributed by atoms with E-state index in [4.69, 9.17) is 9.47 Å². The van der Waals surface area contributed by atoms with Crippen LogP contribution in [0.3, 0.4) is 0 Å². The van der Waals surface area contributed by atoms with Gasteiger partial charge in [0.15, 0.2) is 0 Å². The second kappa shape index (κ2) is 9.39. The van der Waals surface area contributed by atoms with Gasteiger partial charge in [0.2, 0.25) is 5.91 Å². The van der Waals surface area contributed by atoms with E-state index in [1.165, 1.54) is 0 Å². The number of carbonyl (C=O) groups is 1. The van der Waals surface area contributed by atoms with Crippen molar-refractivity contribution in [3.63, 3.8) is 0 Å². The van der Waals surface area contributed by atoms with Crippen molar-refractivity contribution in [2.45, 2.75) is 19.9 Å². The third-order valence-corrected chi connectivity index (χ3v) is 2.69. The van der Waals surface area contributed by atoms with E-state index in [2.05, 4.69) is 5.32 Å². The SMILES string of the molecule is CNCC(C)C(=O)N(CCOC)C(C)COC. The third-order valence-electron chi connectivity index (χ3n) is 2.69. The minimum Gasteiger partial charge on any atom is -0.383 e. The molecule has 0 aliphatic carbocycles. The Kier molecular flexibility index (Phi) is 9.03. The smallest absolute Gasteiger partial charge is 0.227 e. The van der Waals surface area contributed by atoms with Crippen LogP contribution >= 0.6 is 0 Å². The number of rotatable bonds is 9. The summed E-state index contributed by atoms with van der Waals surface area (Å²) in [7, 11) is 5.13. The van der Waals surface area contributed by atoms with Crippen LogP contribution in [0.5, 0.6) is 0 Å². The Balaban J connectivity index is 4.48. The lowest BCUT2D eigenvalue weighted by Gasteiger charge is -2.31. The lowest BCUT2D eigenvalue weighted by molar-refractivity contribution is -0.138. The highest BCUT2D eigenvalue weighted by Gasteiger charge is 2.24. The first-order chi connectivity index (χ1) is 8.08. The van der Waals surface area contributed by atoms with Crippen molar-refractivity contribution in [2.75, 3.05) is 47.6 Å². The molecule has 102 valence electrons. The largest absolute Gasteiger partial charge is 0.383 e. The predicted octanol–water partition coefficient (Wildman–Crippen LogP) is 0.352. The van der Waals surface area contributed by atoms with E-state index in [0.717, 1.165) is 0 Å². The number of methoxy groups -OCH3 is 2. The first-order valence-corrected chi connectivity index (χ1v) is 6.01. The monoisotopic (exact) mass is 246 g/mol. The van der Waals surface area contributed by atoms with E-state index in [0.29, 0.717) is 26.3 Å². The van der Waals surface area contributed by atoms with Crippen molar-refractivity contribution in [1.29, 1.82) is 0 Å². The van der Waals surface area contributed by atoms with Gasteiger partial charge in [0.05, 0.1) is 19.3 Å². The fourth-order valence-corrected chi connectivity index (χ4v) is 1.75. The molecule has 0 aromatic carbocycles. The minimum atomic E-state index is -0.0313. The molecule has 0 aliphatic rings. The lowest BCUT2D eigenvalue weighted by Crippen LogP contribution is -2.46. The number of nitrogens with one attached hydrogen (secondary N) is 1. The molecule has 0 aliphatic heterocycles. The van der Waals surface area contributed by atoms with E-state index >= 15 is 0 Å². The molecule has 0 aromatic rings. The summed E-state index contributed by atoms with van der Waals surface area (Å²) in [5.74, 6) is 0.108. The van der Waals surface area contributed by atoms with Gasteiger partial charge in [-0.15, -0.1) is 0 Å². The van der Waals surface area contributed by atoms with Crippen LogP contribution in [0, 0.1) is 5.92 Å². The molecule has 0 rings (SSSR count). The molecule has 2 unspecified atom stereocenters. The maximum Gasteiger partial charge on any atom is 0.227 e. The molecular weight excluding hydrogens is 220 g/mol. The summed E-state index contributed by atoms with van der Waals surface area (Å²) in [6.07, 6.45) is 0. The maximum atomic E-state index is 12.2. The molecule has 0 fully saturated rings. The highest BCUT2D eigenvalue weighted by Crippen LogP contribution is 2.07. The second-order valence-corrected chi connectivity index (χ2v) is 4.29. The number of nitrogens with zero attached hydrogens (tertiary/aromatic N) is 1. The molecule has 17 heavy (non-hydrogen) atoms. The molecule has 0 spiro atoms. The van der Waals surface area contributed by atoms with E-state index < -0.39 is 0 Å². The van der Waals surface area contributed by atoms with Crippen LogP contribution < -0.4 is 5.32 Å². The van der Waals surface area contributed by atoms with Gasteiger partial charge in [0.25, 0.3) is 0 Å². The van der Waals surface area contributed by atoms with E-state index in [9.17, 15) is 4.79 Å². The predicted molar refractivity (Wildman–Crippen MR) is 68.0 cm³/mol. The highest BCUT2D eigenvalue weighted by molar-refractivity contribution is 5.79. The van der Waals surface area contributed by atoms with Crippen molar-refractivity contribution in [1.82, 2.24) is 10.2 Å². The van der Waals surface area contributed by atoms with Crippen molar-refractivity contribution >= 4 is 5.91 Å². The molecule has 5 nitrogen and oxygen atoms in total. The Morgan fingerprint density at radius 1 is 1.29 bits per heavy atom. The molecule has 1 amide bonds. The molecular formula is C12H26N2O3. The van der Waals surface area contributed by atoms with Gasteiger partial charge in [-0.3, -0.25) is 4.79 Å². The number of amides is 1. The van der Waals surface area contributed by atoms with E-state index in [-0.39, 0.29) is 17.9 Å². The van der Waals surface area contributed by atoms with E-state index in [1.54, 1.807) is 14.2 Å². The summed E-state index contributed by atoms with van der Waals surface area (Å²) >= 11 is 0. The summed E-state index contributed by atoms with van der Waals surface area (Å²) in [5.41, 5.74) is 0. The first kappa shape index (κ1) is 16.4. The summed E-state index contributed by atoms with van der Waals surface area (Å²) in [6, 6.07) is 0.0713. The minimum absolute atomic E-state index is 0.0313. The zero-order chi connectivity index (χ0) is 13.3. The molecule has 0 bridgehead atoms. The van der Waals surface area contributed by atoms with Gasteiger partial charge in [0.1, 0.15) is 0 Å². The van der Waals surface area contributed by atoms with Gasteiger partial charge in [0, 0.05) is 33.2 Å². The number of ether oxygens (including phenoxy) is 2. The number of hydrogen-bond acceptors (Lipinski definition) is 4. The van der Waals surface area contributed by atoms with Crippen LogP contribution in [0.1, 0.15) is 13.8 Å². The van der Waals surface area contributed by atoms with Crippen LogP contribution in [0.2, 0.25) is 0 Å². The summed E-state index contributed by atoms with van der Waals surface area (Å²) < 4.78 is 10.1. The molecule has 1 N–H and O–H groups in total. The number of carbonyl (C=O) groups excluding carboxylic acids is 1. The molecule has 0 saturated heterocycles. The van der Waals surface area contributed by atoms with Crippen LogP contribution in [-0.2, 0) is 14.3 Å². The zero-order valence-corrected chi connectivity index (χ0v) is 11.7. The summed E-state index contributed by atoms with van der Waals surface area (Å²) in [6.45, 7) is 6.30. The van der Waals surface area contributed by atoms with Crippen molar-refractivity contribution < 1.29 is 14.3 Å². The van der Waals surface area contributed by atoms with Crippen molar-refractivity contribution in [2.24, 2.45) is 5.92 Å². The molecule has 2 atom stereocenters. The standard InChI is InChI=1S/C12H26N2O3/c1-10(8-13-3)12(15)14(6-7-16-4)11(2)9-17-5/h10-11,13H,6-9H2,1-5H3. The molecule has 0 heterocycles. The fourth-order valence-electron chi connectivity index (χ4n) is 1.75. The average Bonchev–Trinajstić information content (AvgIpc) is 2.30. The van der Waals surface area contributed by atoms with Gasteiger partial charge >= 0.3 is 0 Å². The molecule has 0 radical (unpaired) electrons. The van der Waals surface area contributed by atoms with Gasteiger partial charge < -0.3 is 19.7 Å². The Labute approximate surface area is 104 Å². The topological polar surface area (TPSA) is 50.8 Å². The quantitative estimate of drug-likeness (QED) is 0.638. The maximum absolute atomic E-state index is 12.2. The second-order valence-electron chi connectivity index (χ2n) is 4.29. The Hall–Kier alpha value is -0.650. The van der Waals surface area contributed by atoms with Gasteiger partial charge in [-0.25, -0.2) is 0 Å². The highest BCUT2D eigenvalue weighted by atomic mass is 16.5. The molecule has 0 saturated carbocycles. The first-order valence-electron chi connectivity index (χ1n) is 6.01. The van der Waals surface area contributed by atoms with Crippen molar-refractivity contribution in [3.05, 3.63) is 0 Å². The van der Waals surface area contributed by atoms with E-state index in [1.807, 2.05) is 25.8 Å². The lowest BCUT2D eigenvalue weighted by atomic mass is 10.1.